The lowest BCUT2D eigenvalue weighted by Gasteiger charge is -2.28. The molecule has 0 bridgehead atoms. The van der Waals surface area contributed by atoms with Crippen molar-refractivity contribution in [3.63, 3.8) is 0 Å². The number of hydrogen-bond donors (Lipinski definition) is 1. The van der Waals surface area contributed by atoms with E-state index < -0.39 is 11.8 Å². The molecule has 0 saturated carbocycles. The molecule has 2 aromatic rings. The lowest BCUT2D eigenvalue weighted by molar-refractivity contribution is -0.122. The maximum atomic E-state index is 12.8. The van der Waals surface area contributed by atoms with Crippen LogP contribution < -0.4 is 10.2 Å². The molecule has 2 amide bonds. The van der Waals surface area contributed by atoms with E-state index in [9.17, 15) is 9.59 Å². The number of anilines is 1. The monoisotopic (exact) mass is 360 g/mol. The molecule has 0 unspecified atom stereocenters. The predicted molar refractivity (Wildman–Crippen MR) is 95.6 cm³/mol. The number of carbonyl (C=O) groups is 2. The summed E-state index contributed by atoms with van der Waals surface area (Å²) >= 11 is 11.0. The molecule has 1 saturated heterocycles. The van der Waals surface area contributed by atoms with Gasteiger partial charge in [-0.2, -0.15) is 5.10 Å². The van der Waals surface area contributed by atoms with Gasteiger partial charge < -0.3 is 0 Å². The molecular formula is C16H13ClN4O2S. The quantitative estimate of drug-likeness (QED) is 0.506. The summed E-state index contributed by atoms with van der Waals surface area (Å²) in [7, 11) is 1.74. The van der Waals surface area contributed by atoms with Crippen LogP contribution in [0.3, 0.4) is 0 Å². The molecule has 3 rings (SSSR count). The third kappa shape index (κ3) is 2.95. The Morgan fingerprint density at radius 3 is 2.50 bits per heavy atom. The third-order valence-electron chi connectivity index (χ3n) is 3.52. The van der Waals surface area contributed by atoms with E-state index in [-0.39, 0.29) is 10.7 Å². The zero-order chi connectivity index (χ0) is 17.4. The number of aromatic nitrogens is 2. The minimum atomic E-state index is -0.533. The number of nitrogens with one attached hydrogen (secondary N) is 1. The molecule has 8 heteroatoms. The van der Waals surface area contributed by atoms with Gasteiger partial charge in [0.1, 0.15) is 5.57 Å². The van der Waals surface area contributed by atoms with E-state index in [1.807, 2.05) is 6.92 Å². The number of thiocarbonyl (C=S) groups is 1. The number of nitrogens with zero attached hydrogens (tertiary/aromatic N) is 3. The van der Waals surface area contributed by atoms with Crippen LogP contribution in [-0.4, -0.2) is 26.7 Å². The first kappa shape index (κ1) is 16.4. The van der Waals surface area contributed by atoms with Gasteiger partial charge in [-0.25, -0.2) is 0 Å². The summed E-state index contributed by atoms with van der Waals surface area (Å²) in [5, 5.41) is 7.31. The molecule has 24 heavy (non-hydrogen) atoms. The Morgan fingerprint density at radius 2 is 1.92 bits per heavy atom. The molecule has 1 aromatic carbocycles. The first-order chi connectivity index (χ1) is 11.4. The molecule has 2 heterocycles. The van der Waals surface area contributed by atoms with Crippen molar-refractivity contribution in [3.8, 4) is 0 Å². The van der Waals surface area contributed by atoms with E-state index in [1.54, 1.807) is 42.1 Å². The van der Waals surface area contributed by atoms with Crippen molar-refractivity contribution >= 4 is 52.5 Å². The number of rotatable bonds is 2. The number of halogens is 1. The first-order valence-electron chi connectivity index (χ1n) is 7.04. The van der Waals surface area contributed by atoms with Crippen LogP contribution >= 0.6 is 23.8 Å². The molecule has 6 nitrogen and oxygen atoms in total. The first-order valence-corrected chi connectivity index (χ1v) is 7.83. The second-order valence-electron chi connectivity index (χ2n) is 5.27. The molecule has 1 aliphatic rings. The maximum absolute atomic E-state index is 12.8. The average molecular weight is 361 g/mol. The van der Waals surface area contributed by atoms with Crippen molar-refractivity contribution in [2.24, 2.45) is 7.05 Å². The standard InChI is InChI=1S/C16H13ClN4O2S/c1-9-7-12(20(2)19-9)8-13-14(22)18-16(24)21(15(13)23)11-5-3-10(17)4-6-11/h3-8H,1-2H3,(H,18,22,24)/b13-8+. The van der Waals surface area contributed by atoms with Crippen LogP contribution in [0.1, 0.15) is 11.4 Å². The zero-order valence-corrected chi connectivity index (χ0v) is 14.5. The second kappa shape index (κ2) is 6.18. The van der Waals surface area contributed by atoms with Gasteiger partial charge in [-0.1, -0.05) is 11.6 Å². The normalized spacial score (nSPS) is 16.7. The number of aryl methyl sites for hydroxylation is 2. The summed E-state index contributed by atoms with van der Waals surface area (Å²) in [6.45, 7) is 1.83. The molecule has 0 spiro atoms. The number of benzene rings is 1. The molecule has 0 atom stereocenters. The zero-order valence-electron chi connectivity index (χ0n) is 12.9. The fraction of sp³-hybridized carbons (Fsp3) is 0.125. The van der Waals surface area contributed by atoms with Crippen LogP contribution in [0.15, 0.2) is 35.9 Å². The van der Waals surface area contributed by atoms with Crippen LogP contribution in [0.4, 0.5) is 5.69 Å². The Balaban J connectivity index is 2.03. The number of carbonyl (C=O) groups excluding carboxylic acids is 2. The lowest BCUT2D eigenvalue weighted by atomic mass is 10.1. The van der Waals surface area contributed by atoms with E-state index in [0.717, 1.165) is 5.69 Å². The lowest BCUT2D eigenvalue weighted by Crippen LogP contribution is -2.54. The highest BCUT2D eigenvalue weighted by molar-refractivity contribution is 7.80. The van der Waals surface area contributed by atoms with Crippen LogP contribution in [-0.2, 0) is 16.6 Å². The van der Waals surface area contributed by atoms with Crippen molar-refractivity contribution in [1.29, 1.82) is 0 Å². The summed E-state index contributed by atoms with van der Waals surface area (Å²) in [5.74, 6) is -1.03. The molecule has 1 fully saturated rings. The van der Waals surface area contributed by atoms with E-state index in [1.165, 1.54) is 11.0 Å². The molecular weight excluding hydrogens is 348 g/mol. The van der Waals surface area contributed by atoms with Gasteiger partial charge in [-0.3, -0.25) is 24.5 Å². The fourth-order valence-electron chi connectivity index (χ4n) is 2.40. The molecule has 1 N–H and O–H groups in total. The van der Waals surface area contributed by atoms with Gasteiger partial charge in [-0.15, -0.1) is 0 Å². The van der Waals surface area contributed by atoms with Crippen molar-refractivity contribution < 1.29 is 9.59 Å². The van der Waals surface area contributed by atoms with Crippen molar-refractivity contribution in [2.75, 3.05) is 4.90 Å². The van der Waals surface area contributed by atoms with Gasteiger partial charge in [-0.05, 0) is 55.5 Å². The minimum absolute atomic E-state index is 0.0125. The molecule has 122 valence electrons. The Kier molecular flexibility index (Phi) is 4.21. The topological polar surface area (TPSA) is 67.2 Å². The summed E-state index contributed by atoms with van der Waals surface area (Å²) in [6.07, 6.45) is 1.50. The SMILES string of the molecule is Cc1cc(/C=C2\C(=O)NC(=S)N(c3ccc(Cl)cc3)C2=O)n(C)n1. The van der Waals surface area contributed by atoms with E-state index >= 15 is 0 Å². The summed E-state index contributed by atoms with van der Waals surface area (Å²) in [5.41, 5.74) is 1.95. The van der Waals surface area contributed by atoms with Crippen molar-refractivity contribution in [3.05, 3.63) is 52.3 Å². The van der Waals surface area contributed by atoms with Crippen molar-refractivity contribution in [1.82, 2.24) is 15.1 Å². The highest BCUT2D eigenvalue weighted by Gasteiger charge is 2.34. The van der Waals surface area contributed by atoms with E-state index in [2.05, 4.69) is 10.4 Å². The molecule has 0 radical (unpaired) electrons. The van der Waals surface area contributed by atoms with Crippen LogP contribution in [0.5, 0.6) is 0 Å². The van der Waals surface area contributed by atoms with Gasteiger partial charge in [0.2, 0.25) is 0 Å². The average Bonchev–Trinajstić information content (AvgIpc) is 2.83. The van der Waals surface area contributed by atoms with Crippen molar-refractivity contribution in [2.45, 2.75) is 6.92 Å². The van der Waals surface area contributed by atoms with E-state index in [0.29, 0.717) is 16.4 Å². The van der Waals surface area contributed by atoms with Gasteiger partial charge in [0.05, 0.1) is 17.1 Å². The van der Waals surface area contributed by atoms with Crippen LogP contribution in [0.25, 0.3) is 6.08 Å². The Bertz CT molecular complexity index is 886. The minimum Gasteiger partial charge on any atom is -0.298 e. The summed E-state index contributed by atoms with van der Waals surface area (Å²) in [4.78, 5) is 26.3. The second-order valence-corrected chi connectivity index (χ2v) is 6.09. The molecule has 1 aromatic heterocycles. The molecule has 0 aliphatic carbocycles. The van der Waals surface area contributed by atoms with Gasteiger partial charge in [0.25, 0.3) is 11.8 Å². The smallest absolute Gasteiger partial charge is 0.270 e. The number of amides is 2. The highest BCUT2D eigenvalue weighted by atomic mass is 35.5. The third-order valence-corrected chi connectivity index (χ3v) is 4.05. The van der Waals surface area contributed by atoms with Gasteiger partial charge >= 0.3 is 0 Å². The van der Waals surface area contributed by atoms with Crippen LogP contribution in [0.2, 0.25) is 5.02 Å². The van der Waals surface area contributed by atoms with Gasteiger partial charge in [0.15, 0.2) is 5.11 Å². The highest BCUT2D eigenvalue weighted by Crippen LogP contribution is 2.23. The molecule has 1 aliphatic heterocycles. The summed E-state index contributed by atoms with van der Waals surface area (Å²) < 4.78 is 1.60. The van der Waals surface area contributed by atoms with Gasteiger partial charge in [0, 0.05) is 12.1 Å². The Hall–Kier alpha value is -2.51. The van der Waals surface area contributed by atoms with E-state index in [4.69, 9.17) is 23.8 Å². The summed E-state index contributed by atoms with van der Waals surface area (Å²) in [6, 6.07) is 8.41. The number of hydrogen-bond acceptors (Lipinski definition) is 4. The van der Waals surface area contributed by atoms with Crippen LogP contribution in [0, 0.1) is 6.92 Å². The Morgan fingerprint density at radius 1 is 1.25 bits per heavy atom. The fourth-order valence-corrected chi connectivity index (χ4v) is 2.80. The Labute approximate surface area is 148 Å². The largest absolute Gasteiger partial charge is 0.298 e. The predicted octanol–water partition coefficient (Wildman–Crippen LogP) is 2.21. The maximum Gasteiger partial charge on any atom is 0.270 e.